The van der Waals surface area contributed by atoms with Crippen molar-refractivity contribution >= 4 is 44.8 Å². The first kappa shape index (κ1) is 23.8. The second-order valence-corrected chi connectivity index (χ2v) is 9.08. The third-order valence-electron chi connectivity index (χ3n) is 6.14. The zero-order chi connectivity index (χ0) is 25.6. The molecule has 36 heavy (non-hydrogen) atoms. The smallest absolute Gasteiger partial charge is 0.269 e. The molecule has 0 radical (unpaired) electrons. The summed E-state index contributed by atoms with van der Waals surface area (Å²) in [4.78, 5) is 44.7. The lowest BCUT2D eigenvalue weighted by Crippen LogP contribution is -2.37. The van der Waals surface area contributed by atoms with Crippen LogP contribution in [0, 0.1) is 16.0 Å². The molecule has 2 aliphatic heterocycles. The van der Waals surface area contributed by atoms with E-state index in [1.54, 1.807) is 31.2 Å². The molecular formula is C25H20BrN3O7. The van der Waals surface area contributed by atoms with Gasteiger partial charge in [0.25, 0.3) is 11.6 Å². The minimum Gasteiger partial charge on any atom is -0.503 e. The number of imide groups is 1. The highest BCUT2D eigenvalue weighted by Gasteiger charge is 2.60. The van der Waals surface area contributed by atoms with Gasteiger partial charge in [0, 0.05) is 12.1 Å². The molecule has 3 atom stereocenters. The van der Waals surface area contributed by atoms with Crippen molar-refractivity contribution in [3.8, 4) is 11.5 Å². The Morgan fingerprint density at radius 3 is 2.39 bits per heavy atom. The fourth-order valence-electron chi connectivity index (χ4n) is 4.56. The number of rotatable bonds is 6. The zero-order valence-electron chi connectivity index (χ0n) is 18.9. The van der Waals surface area contributed by atoms with Crippen LogP contribution in [0.1, 0.15) is 18.5 Å². The molecule has 2 aliphatic rings. The maximum Gasteiger partial charge on any atom is 0.269 e. The van der Waals surface area contributed by atoms with Crippen molar-refractivity contribution in [3.05, 3.63) is 86.9 Å². The predicted molar refractivity (Wildman–Crippen MR) is 133 cm³/mol. The minimum atomic E-state index is -1.11. The number of non-ortho nitro benzene ring substituents is 1. The summed E-state index contributed by atoms with van der Waals surface area (Å²) in [5, 5.41) is 23.0. The van der Waals surface area contributed by atoms with Crippen LogP contribution in [0.3, 0.4) is 0 Å². The number of anilines is 2. The molecule has 0 spiro atoms. The van der Waals surface area contributed by atoms with E-state index in [2.05, 4.69) is 15.9 Å². The van der Waals surface area contributed by atoms with Crippen molar-refractivity contribution in [1.29, 1.82) is 0 Å². The predicted octanol–water partition coefficient (Wildman–Crippen LogP) is 4.51. The number of halogens is 1. The average Bonchev–Trinajstić information content (AvgIpc) is 3.38. The van der Waals surface area contributed by atoms with Gasteiger partial charge in [-0.2, -0.15) is 0 Å². The van der Waals surface area contributed by atoms with E-state index >= 15 is 0 Å². The van der Waals surface area contributed by atoms with Crippen LogP contribution in [-0.2, 0) is 14.4 Å². The molecule has 10 nitrogen and oxygen atoms in total. The summed E-state index contributed by atoms with van der Waals surface area (Å²) in [5.41, 5.74) is 1.30. The van der Waals surface area contributed by atoms with Gasteiger partial charge < -0.3 is 9.84 Å². The number of nitro benzene ring substituents is 1. The normalized spacial score (nSPS) is 21.1. The Kier molecular flexibility index (Phi) is 6.10. The van der Waals surface area contributed by atoms with Gasteiger partial charge in [-0.1, -0.05) is 18.2 Å². The third-order valence-corrected chi connectivity index (χ3v) is 6.74. The molecule has 0 aromatic heterocycles. The Balaban J connectivity index is 1.59. The summed E-state index contributed by atoms with van der Waals surface area (Å²) < 4.78 is 5.95. The fourth-order valence-corrected chi connectivity index (χ4v) is 5.02. The van der Waals surface area contributed by atoms with Crippen LogP contribution in [0.25, 0.3) is 0 Å². The molecule has 3 aromatic rings. The molecular weight excluding hydrogens is 534 g/mol. The number of benzene rings is 3. The molecule has 2 saturated heterocycles. The lowest BCUT2D eigenvalue weighted by Gasteiger charge is -2.29. The van der Waals surface area contributed by atoms with Crippen molar-refractivity contribution < 1.29 is 29.2 Å². The number of nitrogens with zero attached hydrogens (tertiary/aromatic N) is 3. The second-order valence-electron chi connectivity index (χ2n) is 8.23. The molecule has 0 aliphatic carbocycles. The molecule has 2 fully saturated rings. The quantitative estimate of drug-likeness (QED) is 0.268. The Bertz CT molecular complexity index is 1350. The molecule has 184 valence electrons. The van der Waals surface area contributed by atoms with Crippen molar-refractivity contribution in [2.45, 2.75) is 19.1 Å². The summed E-state index contributed by atoms with van der Waals surface area (Å²) in [6, 6.07) is 16.8. The Hall–Kier alpha value is -3.96. The summed E-state index contributed by atoms with van der Waals surface area (Å²) in [5.74, 6) is -1.83. The number of phenols is 1. The van der Waals surface area contributed by atoms with E-state index in [1.165, 1.54) is 29.3 Å². The number of nitro groups is 1. The molecule has 3 aromatic carbocycles. The highest BCUT2D eigenvalue weighted by Crippen LogP contribution is 2.49. The largest absolute Gasteiger partial charge is 0.503 e. The Morgan fingerprint density at radius 2 is 1.75 bits per heavy atom. The van der Waals surface area contributed by atoms with Crippen LogP contribution in [0.4, 0.5) is 17.1 Å². The van der Waals surface area contributed by atoms with Gasteiger partial charge in [0.15, 0.2) is 17.6 Å². The number of amides is 2. The summed E-state index contributed by atoms with van der Waals surface area (Å²) in [6.45, 7) is 2.09. The summed E-state index contributed by atoms with van der Waals surface area (Å²) in [6.07, 6.45) is -1.11. The number of aromatic hydroxyl groups is 1. The van der Waals surface area contributed by atoms with Gasteiger partial charge in [0.05, 0.1) is 33.4 Å². The number of fused-ring (bicyclic) bond motifs is 1. The van der Waals surface area contributed by atoms with Crippen LogP contribution < -0.4 is 14.7 Å². The number of carbonyl (C=O) groups is 2. The van der Waals surface area contributed by atoms with Crippen molar-refractivity contribution in [1.82, 2.24) is 0 Å². The number of hydrogen-bond donors (Lipinski definition) is 1. The summed E-state index contributed by atoms with van der Waals surface area (Å²) >= 11 is 3.35. The van der Waals surface area contributed by atoms with Gasteiger partial charge >= 0.3 is 0 Å². The molecule has 0 saturated carbocycles. The van der Waals surface area contributed by atoms with Crippen LogP contribution in [0.2, 0.25) is 0 Å². The average molecular weight is 554 g/mol. The molecule has 5 rings (SSSR count). The SMILES string of the molecule is CCOc1cc([C@H]2[C@@H]3C(=O)N(c4ccc([N+](=O)[O-])cc4)C(=O)[C@H]3ON2c2ccccc2)cc(Br)c1O. The zero-order valence-corrected chi connectivity index (χ0v) is 20.5. The van der Waals surface area contributed by atoms with E-state index < -0.39 is 34.8 Å². The van der Waals surface area contributed by atoms with Crippen LogP contribution in [0.15, 0.2) is 71.2 Å². The fraction of sp³-hybridized carbons (Fsp3) is 0.200. The standard InChI is InChI=1S/C25H20BrN3O7/c1-2-35-19-13-14(12-18(26)22(19)30)21-20-23(36-28(21)16-6-4-3-5-7-16)25(32)27(24(20)31)15-8-10-17(11-9-15)29(33)34/h3-13,20-21,23,30H,2H2,1H3/t20-,21-,23-/m0/s1. The van der Waals surface area contributed by atoms with Crippen molar-refractivity contribution in [2.24, 2.45) is 5.92 Å². The van der Waals surface area contributed by atoms with Gasteiger partial charge in [-0.3, -0.25) is 24.5 Å². The van der Waals surface area contributed by atoms with Crippen LogP contribution >= 0.6 is 15.9 Å². The molecule has 0 bridgehead atoms. The Labute approximate surface area is 213 Å². The van der Waals surface area contributed by atoms with E-state index in [0.29, 0.717) is 22.3 Å². The lowest BCUT2D eigenvalue weighted by atomic mass is 9.90. The highest BCUT2D eigenvalue weighted by molar-refractivity contribution is 9.10. The topological polar surface area (TPSA) is 122 Å². The van der Waals surface area contributed by atoms with E-state index in [4.69, 9.17) is 9.57 Å². The maximum absolute atomic E-state index is 13.7. The van der Waals surface area contributed by atoms with Crippen molar-refractivity contribution in [3.63, 3.8) is 0 Å². The molecule has 11 heteroatoms. The van der Waals surface area contributed by atoms with Gasteiger partial charge in [-0.05, 0) is 64.8 Å². The van der Waals surface area contributed by atoms with Crippen LogP contribution in [-0.4, -0.2) is 34.6 Å². The highest BCUT2D eigenvalue weighted by atomic mass is 79.9. The first-order valence-corrected chi connectivity index (χ1v) is 11.9. The summed E-state index contributed by atoms with van der Waals surface area (Å²) in [7, 11) is 0. The van der Waals surface area contributed by atoms with Gasteiger partial charge in [0.2, 0.25) is 5.91 Å². The van der Waals surface area contributed by atoms with Gasteiger partial charge in [-0.25, -0.2) is 9.96 Å². The first-order chi connectivity index (χ1) is 17.3. The minimum absolute atomic E-state index is 0.0799. The number of carbonyl (C=O) groups excluding carboxylic acids is 2. The van der Waals surface area contributed by atoms with E-state index in [0.717, 1.165) is 4.90 Å². The second kappa shape index (κ2) is 9.25. The maximum atomic E-state index is 13.7. The number of hydrogen-bond acceptors (Lipinski definition) is 8. The monoisotopic (exact) mass is 553 g/mol. The lowest BCUT2D eigenvalue weighted by molar-refractivity contribution is -0.384. The third kappa shape index (κ3) is 3.86. The number of phenolic OH excluding ortho intramolecular Hbond substituents is 1. The van der Waals surface area contributed by atoms with Gasteiger partial charge in [-0.15, -0.1) is 0 Å². The Morgan fingerprint density at radius 1 is 1.06 bits per heavy atom. The first-order valence-electron chi connectivity index (χ1n) is 11.1. The molecule has 1 N–H and O–H groups in total. The van der Waals surface area contributed by atoms with Crippen molar-refractivity contribution in [2.75, 3.05) is 16.6 Å². The number of hydroxylamine groups is 1. The number of para-hydroxylation sites is 1. The number of ether oxygens (including phenoxy) is 1. The van der Waals surface area contributed by atoms with E-state index in [9.17, 15) is 24.8 Å². The van der Waals surface area contributed by atoms with Crippen LogP contribution in [0.5, 0.6) is 11.5 Å². The van der Waals surface area contributed by atoms with E-state index in [-0.39, 0.29) is 22.9 Å². The molecule has 2 heterocycles. The van der Waals surface area contributed by atoms with E-state index in [1.807, 2.05) is 18.2 Å². The molecule has 0 unspecified atom stereocenters. The molecule has 2 amide bonds. The van der Waals surface area contributed by atoms with Gasteiger partial charge in [0.1, 0.15) is 5.92 Å².